The van der Waals surface area contributed by atoms with E-state index in [1.54, 1.807) is 27.9 Å². The molecule has 1 N–H and O–H groups in total. The second-order valence-electron chi connectivity index (χ2n) is 7.62. The van der Waals surface area contributed by atoms with Gasteiger partial charge in [0, 0.05) is 26.0 Å². The molecule has 0 saturated carbocycles. The molecule has 0 spiro atoms. The molecule has 6 nitrogen and oxygen atoms in total. The first-order valence-electron chi connectivity index (χ1n) is 8.45. The van der Waals surface area contributed by atoms with Crippen LogP contribution in [-0.4, -0.2) is 53.5 Å². The lowest BCUT2D eigenvalue weighted by Gasteiger charge is -2.36. The summed E-state index contributed by atoms with van der Waals surface area (Å²) in [6.45, 7) is 6.03. The first-order chi connectivity index (χ1) is 11.7. The van der Waals surface area contributed by atoms with Crippen LogP contribution in [0, 0.1) is 5.92 Å². The van der Waals surface area contributed by atoms with Crippen molar-refractivity contribution in [1.82, 2.24) is 4.90 Å². The molecule has 1 saturated heterocycles. The lowest BCUT2D eigenvalue weighted by Crippen LogP contribution is -2.55. The van der Waals surface area contributed by atoms with Gasteiger partial charge in [0.1, 0.15) is 11.1 Å². The Morgan fingerprint density at radius 2 is 1.92 bits per heavy atom. The molecule has 1 fully saturated rings. The van der Waals surface area contributed by atoms with Gasteiger partial charge in [0.05, 0.1) is 6.61 Å². The molecule has 1 aromatic rings. The maximum atomic E-state index is 12.7. The zero-order valence-electron chi connectivity index (χ0n) is 15.3. The Morgan fingerprint density at radius 1 is 1.28 bits per heavy atom. The van der Waals surface area contributed by atoms with Crippen molar-refractivity contribution in [3.8, 4) is 0 Å². The number of carbonyl (C=O) groups is 2. The molecule has 2 rings (SSSR count). The van der Waals surface area contributed by atoms with Crippen LogP contribution in [0.5, 0.6) is 0 Å². The van der Waals surface area contributed by atoms with E-state index in [1.165, 1.54) is 4.90 Å². The third-order valence-corrected chi connectivity index (χ3v) is 4.34. The van der Waals surface area contributed by atoms with Gasteiger partial charge in [-0.1, -0.05) is 30.3 Å². The normalized spacial score (nSPS) is 23.5. The number of aliphatic carboxylic acids is 1. The van der Waals surface area contributed by atoms with Crippen molar-refractivity contribution >= 4 is 12.1 Å². The van der Waals surface area contributed by atoms with Gasteiger partial charge < -0.3 is 14.6 Å². The second-order valence-corrected chi connectivity index (χ2v) is 7.62. The number of hydrogen-bond acceptors (Lipinski definition) is 4. The summed E-state index contributed by atoms with van der Waals surface area (Å²) in [5, 5.41) is 10.0. The highest BCUT2D eigenvalue weighted by molar-refractivity contribution is 5.85. The van der Waals surface area contributed by atoms with E-state index < -0.39 is 23.2 Å². The van der Waals surface area contributed by atoms with E-state index in [9.17, 15) is 14.7 Å². The quantitative estimate of drug-likeness (QED) is 0.884. The maximum Gasteiger partial charge on any atom is 0.411 e. The number of amides is 1. The Kier molecular flexibility index (Phi) is 5.72. The summed E-state index contributed by atoms with van der Waals surface area (Å²) in [5.74, 6) is -1.06. The van der Waals surface area contributed by atoms with E-state index in [1.807, 2.05) is 30.3 Å². The second kappa shape index (κ2) is 7.44. The summed E-state index contributed by atoms with van der Waals surface area (Å²) in [5.41, 5.74) is -1.14. The number of carboxylic acid groups (broad SMARTS) is 1. The van der Waals surface area contributed by atoms with Crippen LogP contribution in [0.15, 0.2) is 30.3 Å². The van der Waals surface area contributed by atoms with Crippen LogP contribution in [-0.2, 0) is 20.7 Å². The molecule has 0 aromatic heterocycles. The van der Waals surface area contributed by atoms with Crippen molar-refractivity contribution in [2.45, 2.75) is 44.8 Å². The fourth-order valence-corrected chi connectivity index (χ4v) is 3.38. The third-order valence-electron chi connectivity index (χ3n) is 4.34. The van der Waals surface area contributed by atoms with Gasteiger partial charge in [-0.15, -0.1) is 0 Å². The van der Waals surface area contributed by atoms with Crippen LogP contribution in [0.2, 0.25) is 0 Å². The average molecular weight is 349 g/mol. The van der Waals surface area contributed by atoms with Gasteiger partial charge in [0.25, 0.3) is 0 Å². The summed E-state index contributed by atoms with van der Waals surface area (Å²) in [6, 6.07) is 9.36. The molecule has 6 heteroatoms. The molecule has 1 amide bonds. The van der Waals surface area contributed by atoms with Crippen LogP contribution in [0.3, 0.4) is 0 Å². The Morgan fingerprint density at radius 3 is 2.44 bits per heavy atom. The molecule has 25 heavy (non-hydrogen) atoms. The van der Waals surface area contributed by atoms with Crippen molar-refractivity contribution in [3.05, 3.63) is 35.9 Å². The van der Waals surface area contributed by atoms with Crippen LogP contribution in [0.4, 0.5) is 4.79 Å². The first kappa shape index (κ1) is 19.2. The molecule has 2 atom stereocenters. The number of hydrogen-bond donors (Lipinski definition) is 1. The monoisotopic (exact) mass is 349 g/mol. The molecule has 138 valence electrons. The standard InChI is InChI=1S/C19H27NO5/c1-18(2,3)25-17(23)20-12-15(13-24-4)11-19(20,16(21)22)10-14-8-6-5-7-9-14/h5-9,15H,10-13H2,1-4H3,(H,21,22). The van der Waals surface area contributed by atoms with Crippen LogP contribution >= 0.6 is 0 Å². The number of likely N-dealkylation sites (tertiary alicyclic amines) is 1. The predicted molar refractivity (Wildman–Crippen MR) is 93.4 cm³/mol. The number of ether oxygens (including phenoxy) is 2. The molecule has 0 aliphatic carbocycles. The van der Waals surface area contributed by atoms with Crippen molar-refractivity contribution < 1.29 is 24.2 Å². The van der Waals surface area contributed by atoms with Crippen molar-refractivity contribution in [1.29, 1.82) is 0 Å². The minimum atomic E-state index is -1.33. The predicted octanol–water partition coefficient (Wildman–Crippen LogP) is 2.96. The van der Waals surface area contributed by atoms with E-state index in [0.717, 1.165) is 5.56 Å². The molecular formula is C19H27NO5. The van der Waals surface area contributed by atoms with Crippen molar-refractivity contribution in [2.75, 3.05) is 20.3 Å². The molecule has 1 aliphatic heterocycles. The fraction of sp³-hybridized carbons (Fsp3) is 0.579. The molecule has 0 bridgehead atoms. The van der Waals surface area contributed by atoms with Crippen LogP contribution < -0.4 is 0 Å². The van der Waals surface area contributed by atoms with Gasteiger partial charge in [0.15, 0.2) is 0 Å². The number of benzene rings is 1. The van der Waals surface area contributed by atoms with E-state index in [4.69, 9.17) is 9.47 Å². The van der Waals surface area contributed by atoms with Gasteiger partial charge in [-0.2, -0.15) is 0 Å². The topological polar surface area (TPSA) is 76.1 Å². The SMILES string of the molecule is COCC1CN(C(=O)OC(C)(C)C)C(Cc2ccccc2)(C(=O)O)C1. The smallest absolute Gasteiger partial charge is 0.411 e. The highest BCUT2D eigenvalue weighted by atomic mass is 16.6. The molecule has 2 unspecified atom stereocenters. The van der Waals surface area contributed by atoms with Gasteiger partial charge >= 0.3 is 12.1 Å². The largest absolute Gasteiger partial charge is 0.479 e. The highest BCUT2D eigenvalue weighted by Crippen LogP contribution is 2.38. The van der Waals surface area contributed by atoms with Gasteiger partial charge in [0.2, 0.25) is 0 Å². The van der Waals surface area contributed by atoms with E-state index in [2.05, 4.69) is 0 Å². The number of nitrogens with zero attached hydrogens (tertiary/aromatic N) is 1. The summed E-state index contributed by atoms with van der Waals surface area (Å²) >= 11 is 0. The van der Waals surface area contributed by atoms with E-state index >= 15 is 0 Å². The lowest BCUT2D eigenvalue weighted by molar-refractivity contribution is -0.149. The molecular weight excluding hydrogens is 322 g/mol. The van der Waals surface area contributed by atoms with E-state index in [-0.39, 0.29) is 12.3 Å². The molecule has 1 heterocycles. The summed E-state index contributed by atoms with van der Waals surface area (Å²) in [7, 11) is 1.58. The van der Waals surface area contributed by atoms with Gasteiger partial charge in [-0.25, -0.2) is 9.59 Å². The molecule has 0 radical (unpaired) electrons. The third kappa shape index (κ3) is 4.51. The Hall–Kier alpha value is -2.08. The Bertz CT molecular complexity index is 610. The summed E-state index contributed by atoms with van der Waals surface area (Å²) in [6.07, 6.45) is -0.0168. The van der Waals surface area contributed by atoms with Crippen molar-refractivity contribution in [3.63, 3.8) is 0 Å². The number of rotatable bonds is 5. The Labute approximate surface area is 148 Å². The number of methoxy groups -OCH3 is 1. The average Bonchev–Trinajstić information content (AvgIpc) is 2.87. The fourth-order valence-electron chi connectivity index (χ4n) is 3.38. The zero-order chi connectivity index (χ0) is 18.7. The molecule has 1 aliphatic rings. The Balaban J connectivity index is 2.37. The molecule has 1 aromatic carbocycles. The van der Waals surface area contributed by atoms with Crippen LogP contribution in [0.1, 0.15) is 32.8 Å². The van der Waals surface area contributed by atoms with Crippen LogP contribution in [0.25, 0.3) is 0 Å². The van der Waals surface area contributed by atoms with Gasteiger partial charge in [-0.05, 0) is 32.8 Å². The van der Waals surface area contributed by atoms with Crippen molar-refractivity contribution in [2.24, 2.45) is 5.92 Å². The summed E-state index contributed by atoms with van der Waals surface area (Å²) in [4.78, 5) is 26.4. The van der Waals surface area contributed by atoms with E-state index in [0.29, 0.717) is 19.6 Å². The summed E-state index contributed by atoms with van der Waals surface area (Å²) < 4.78 is 10.7. The van der Waals surface area contributed by atoms with Gasteiger partial charge in [-0.3, -0.25) is 4.90 Å². The highest BCUT2D eigenvalue weighted by Gasteiger charge is 2.54. The first-order valence-corrected chi connectivity index (χ1v) is 8.45. The lowest BCUT2D eigenvalue weighted by atomic mass is 9.86. The minimum absolute atomic E-state index is 0.0441. The number of carboxylic acids is 1. The minimum Gasteiger partial charge on any atom is -0.479 e. The zero-order valence-corrected chi connectivity index (χ0v) is 15.3. The number of carbonyl (C=O) groups excluding carboxylic acids is 1. The maximum absolute atomic E-state index is 12.7.